The molecule has 12 nitrogen and oxygen atoms in total. The third kappa shape index (κ3) is 6.33. The van der Waals surface area contributed by atoms with Crippen LogP contribution in [0.4, 0.5) is 22.1 Å². The lowest BCUT2D eigenvalue weighted by atomic mass is 9.91. The summed E-state index contributed by atoms with van der Waals surface area (Å²) in [4.78, 5) is 52.6. The van der Waals surface area contributed by atoms with Crippen LogP contribution in [0.15, 0.2) is 67.0 Å². The highest BCUT2D eigenvalue weighted by Crippen LogP contribution is 2.42. The topological polar surface area (TPSA) is 138 Å². The van der Waals surface area contributed by atoms with Crippen molar-refractivity contribution >= 4 is 46.5 Å². The highest BCUT2D eigenvalue weighted by atomic mass is 16.6. The predicted octanol–water partition coefficient (Wildman–Crippen LogP) is 5.78. The van der Waals surface area contributed by atoms with E-state index in [0.29, 0.717) is 11.4 Å². The van der Waals surface area contributed by atoms with Gasteiger partial charge in [-0.1, -0.05) is 56.7 Å². The lowest BCUT2D eigenvalue weighted by Crippen LogP contribution is -2.31. The lowest BCUT2D eigenvalue weighted by Gasteiger charge is -2.24. The summed E-state index contributed by atoms with van der Waals surface area (Å²) in [5.41, 5.74) is 1.56. The summed E-state index contributed by atoms with van der Waals surface area (Å²) in [6.45, 7) is 6.78. The molecule has 0 spiro atoms. The molecular formula is C31H34N6O6. The van der Waals surface area contributed by atoms with Gasteiger partial charge in [0.1, 0.15) is 0 Å². The van der Waals surface area contributed by atoms with E-state index in [1.807, 2.05) is 43.3 Å². The maximum absolute atomic E-state index is 13.8. The number of benzene rings is 2. The lowest BCUT2D eigenvalue weighted by molar-refractivity contribution is -0.153. The molecule has 0 aliphatic carbocycles. The average molecular weight is 587 g/mol. The molecule has 3 heterocycles. The quantitative estimate of drug-likeness (QED) is 0.242. The first kappa shape index (κ1) is 29.6. The van der Waals surface area contributed by atoms with E-state index in [9.17, 15) is 14.4 Å². The van der Waals surface area contributed by atoms with E-state index < -0.39 is 30.3 Å². The second-order valence-electron chi connectivity index (χ2n) is 10.2. The monoisotopic (exact) mass is 586 g/mol. The second-order valence-corrected chi connectivity index (χ2v) is 10.2. The van der Waals surface area contributed by atoms with Gasteiger partial charge >= 0.3 is 12.1 Å². The van der Waals surface area contributed by atoms with Crippen molar-refractivity contribution in [3.63, 3.8) is 0 Å². The predicted molar refractivity (Wildman–Crippen MR) is 159 cm³/mol. The Morgan fingerprint density at radius 1 is 0.977 bits per heavy atom. The molecule has 1 N–H and O–H groups in total. The summed E-state index contributed by atoms with van der Waals surface area (Å²) in [5, 5.41) is 2.57. The molecule has 2 aromatic carbocycles. The Labute approximate surface area is 249 Å². The first-order valence-corrected chi connectivity index (χ1v) is 14.3. The largest absolute Gasteiger partial charge is 0.457 e. The van der Waals surface area contributed by atoms with Gasteiger partial charge in [0.25, 0.3) is 5.88 Å². The van der Waals surface area contributed by atoms with Crippen LogP contribution in [-0.4, -0.2) is 49.7 Å². The van der Waals surface area contributed by atoms with Crippen molar-refractivity contribution in [1.82, 2.24) is 19.5 Å². The summed E-state index contributed by atoms with van der Waals surface area (Å²) in [7, 11) is 0. The Bertz CT molecular complexity index is 1560. The molecule has 1 fully saturated rings. The van der Waals surface area contributed by atoms with Crippen LogP contribution in [0, 0.1) is 5.92 Å². The number of carbonyl (C=O) groups excluding carboxylic acids is 3. The summed E-state index contributed by atoms with van der Waals surface area (Å²) < 4.78 is 19.7. The number of amides is 2. The summed E-state index contributed by atoms with van der Waals surface area (Å²) in [6.07, 6.45) is 1.63. The maximum atomic E-state index is 13.8. The number of imidazole rings is 1. The van der Waals surface area contributed by atoms with Gasteiger partial charge in [-0.3, -0.25) is 19.5 Å². The van der Waals surface area contributed by atoms with Gasteiger partial charge in [0.2, 0.25) is 11.9 Å². The van der Waals surface area contributed by atoms with Gasteiger partial charge in [-0.25, -0.2) is 14.7 Å². The minimum atomic E-state index is -0.746. The number of carbonyl (C=O) groups is 3. The number of hydrogen-bond acceptors (Lipinski definition) is 9. The molecule has 1 aliphatic rings. The molecule has 224 valence electrons. The van der Waals surface area contributed by atoms with Crippen LogP contribution < -0.4 is 15.0 Å². The summed E-state index contributed by atoms with van der Waals surface area (Å²) >= 11 is 0. The number of para-hydroxylation sites is 2. The molecule has 2 amide bonds. The maximum Gasteiger partial charge on any atom is 0.425 e. The van der Waals surface area contributed by atoms with Gasteiger partial charge in [0.15, 0.2) is 23.5 Å². The fourth-order valence-corrected chi connectivity index (χ4v) is 5.43. The highest BCUT2D eigenvalue weighted by molar-refractivity contribution is 5.98. The van der Waals surface area contributed by atoms with Gasteiger partial charge in [0.05, 0.1) is 23.8 Å². The number of aromatic nitrogens is 4. The first-order chi connectivity index (χ1) is 20.8. The number of anilines is 3. The number of nitrogens with one attached hydrogen (secondary N) is 1. The van der Waals surface area contributed by atoms with Crippen LogP contribution in [0.5, 0.6) is 5.88 Å². The average Bonchev–Trinajstić information content (AvgIpc) is 3.55. The molecule has 1 aliphatic heterocycles. The van der Waals surface area contributed by atoms with Crippen molar-refractivity contribution in [2.24, 2.45) is 5.92 Å². The Balaban J connectivity index is 1.58. The zero-order valence-electron chi connectivity index (χ0n) is 24.5. The molecule has 12 heteroatoms. The van der Waals surface area contributed by atoms with E-state index in [-0.39, 0.29) is 35.0 Å². The third-order valence-electron chi connectivity index (χ3n) is 7.17. The van der Waals surface area contributed by atoms with E-state index >= 15 is 0 Å². The summed E-state index contributed by atoms with van der Waals surface area (Å²) in [6, 6.07) is 18.1. The molecule has 4 aromatic rings. The minimum absolute atomic E-state index is 0.0411. The van der Waals surface area contributed by atoms with Crippen molar-refractivity contribution in [2.75, 3.05) is 10.2 Å². The second kappa shape index (κ2) is 13.0. The third-order valence-corrected chi connectivity index (χ3v) is 7.17. The van der Waals surface area contributed by atoms with Gasteiger partial charge in [0, 0.05) is 19.8 Å². The zero-order chi connectivity index (χ0) is 30.5. The van der Waals surface area contributed by atoms with Crippen molar-refractivity contribution in [3.8, 4) is 5.88 Å². The van der Waals surface area contributed by atoms with Crippen molar-refractivity contribution in [1.29, 1.82) is 0 Å². The standard InChI is InChI=1S/C31H34N6O6/c1-5-13-23-24(6-2)42-29(26(23)41-20(4)39)36-18-32-25-27(36)34-30(33-19(3)38)35-28(25)43-31(40)37(21-14-9-7-10-15-21)22-16-11-8-12-17-22/h7-12,14-18,23-24,26,29H,5-6,13H2,1-4H3,(H,33,34,35,38)/t23-,24-,26-,29-/m1/s1. The number of ether oxygens (including phenoxy) is 3. The minimum Gasteiger partial charge on any atom is -0.457 e. The van der Waals surface area contributed by atoms with E-state index in [1.54, 1.807) is 28.8 Å². The Kier molecular flexibility index (Phi) is 8.96. The van der Waals surface area contributed by atoms with Crippen LogP contribution >= 0.6 is 0 Å². The zero-order valence-corrected chi connectivity index (χ0v) is 24.5. The number of fused-ring (bicyclic) bond motifs is 1. The SMILES string of the molecule is CCC[C@H]1[C@@H](OC(C)=O)[C@H](n2cnc3c(OC(=O)N(c4ccccc4)c4ccccc4)nc(NC(C)=O)nc32)O[C@@H]1CC. The Hall–Kier alpha value is -4.84. The molecule has 4 atom stereocenters. The van der Waals surface area contributed by atoms with Crippen molar-refractivity contribution < 1.29 is 28.6 Å². The van der Waals surface area contributed by atoms with E-state index in [0.717, 1.165) is 19.3 Å². The molecule has 0 bridgehead atoms. The number of hydrogen-bond donors (Lipinski definition) is 1. The van der Waals surface area contributed by atoms with Gasteiger partial charge < -0.3 is 14.2 Å². The van der Waals surface area contributed by atoms with Crippen LogP contribution in [-0.2, 0) is 19.1 Å². The van der Waals surface area contributed by atoms with Crippen molar-refractivity contribution in [2.45, 2.75) is 65.4 Å². The molecule has 0 saturated carbocycles. The van der Waals surface area contributed by atoms with Gasteiger partial charge in [-0.05, 0) is 37.1 Å². The highest BCUT2D eigenvalue weighted by Gasteiger charge is 2.47. The summed E-state index contributed by atoms with van der Waals surface area (Å²) in [5.74, 6) is -1.13. The molecule has 0 radical (unpaired) electrons. The number of esters is 1. The van der Waals surface area contributed by atoms with Gasteiger partial charge in [-0.15, -0.1) is 0 Å². The molecule has 1 saturated heterocycles. The smallest absolute Gasteiger partial charge is 0.425 e. The first-order valence-electron chi connectivity index (χ1n) is 14.3. The molecule has 43 heavy (non-hydrogen) atoms. The fraction of sp³-hybridized carbons (Fsp3) is 0.355. The Morgan fingerprint density at radius 3 is 2.19 bits per heavy atom. The van der Waals surface area contributed by atoms with Crippen LogP contribution in [0.25, 0.3) is 11.2 Å². The van der Waals surface area contributed by atoms with Gasteiger partial charge in [-0.2, -0.15) is 9.97 Å². The van der Waals surface area contributed by atoms with E-state index in [4.69, 9.17) is 14.2 Å². The van der Waals surface area contributed by atoms with Crippen molar-refractivity contribution in [3.05, 3.63) is 67.0 Å². The Morgan fingerprint density at radius 2 is 1.63 bits per heavy atom. The van der Waals surface area contributed by atoms with Crippen LogP contribution in [0.3, 0.4) is 0 Å². The van der Waals surface area contributed by atoms with Crippen LogP contribution in [0.1, 0.15) is 53.2 Å². The molecule has 5 rings (SSSR count). The normalized spacial score (nSPS) is 19.6. The fourth-order valence-electron chi connectivity index (χ4n) is 5.43. The number of nitrogens with zero attached hydrogens (tertiary/aromatic N) is 5. The van der Waals surface area contributed by atoms with E-state index in [2.05, 4.69) is 27.2 Å². The molecule has 0 unspecified atom stereocenters. The molecular weight excluding hydrogens is 552 g/mol. The van der Waals surface area contributed by atoms with Crippen LogP contribution in [0.2, 0.25) is 0 Å². The van der Waals surface area contributed by atoms with E-state index in [1.165, 1.54) is 25.1 Å². The number of rotatable bonds is 9. The molecule has 2 aromatic heterocycles.